The van der Waals surface area contributed by atoms with Gasteiger partial charge < -0.3 is 9.47 Å². The first-order valence-corrected chi connectivity index (χ1v) is 10.3. The summed E-state index contributed by atoms with van der Waals surface area (Å²) in [5.74, 6) is -0.409. The molecular formula is C24H21NO3S. The van der Waals surface area contributed by atoms with Gasteiger partial charge >= 0.3 is 5.97 Å². The van der Waals surface area contributed by atoms with Crippen molar-refractivity contribution in [3.63, 3.8) is 0 Å². The van der Waals surface area contributed by atoms with Crippen LogP contribution in [0, 0.1) is 0 Å². The molecule has 0 aliphatic heterocycles. The second-order valence-corrected chi connectivity index (χ2v) is 7.73. The third kappa shape index (κ3) is 4.70. The fraction of sp³-hybridized carbons (Fsp3) is 0.167. The maximum atomic E-state index is 12.4. The second kappa shape index (κ2) is 8.99. The molecule has 4 rings (SSSR count). The van der Waals surface area contributed by atoms with E-state index in [-0.39, 0.29) is 12.7 Å². The third-order valence-electron chi connectivity index (χ3n) is 4.54. The van der Waals surface area contributed by atoms with Gasteiger partial charge in [-0.3, -0.25) is 0 Å². The van der Waals surface area contributed by atoms with E-state index < -0.39 is 12.1 Å². The number of thiazole rings is 1. The summed E-state index contributed by atoms with van der Waals surface area (Å²) in [7, 11) is 0. The van der Waals surface area contributed by atoms with Gasteiger partial charge in [0, 0.05) is 0 Å². The maximum Gasteiger partial charge on any atom is 0.332 e. The van der Waals surface area contributed by atoms with E-state index in [1.807, 2.05) is 91.9 Å². The summed E-state index contributed by atoms with van der Waals surface area (Å²) < 4.78 is 12.6. The Morgan fingerprint density at radius 3 is 2.10 bits per heavy atom. The fourth-order valence-corrected chi connectivity index (χ4v) is 4.09. The van der Waals surface area contributed by atoms with Crippen molar-refractivity contribution in [3.8, 4) is 0 Å². The molecule has 0 aliphatic carbocycles. The monoisotopic (exact) mass is 403 g/mol. The van der Waals surface area contributed by atoms with Crippen molar-refractivity contribution in [2.24, 2.45) is 0 Å². The van der Waals surface area contributed by atoms with Crippen LogP contribution >= 0.6 is 11.3 Å². The lowest BCUT2D eigenvalue weighted by Gasteiger charge is -2.19. The Kier molecular flexibility index (Phi) is 5.98. The van der Waals surface area contributed by atoms with Gasteiger partial charge in [0.2, 0.25) is 0 Å². The lowest BCUT2D eigenvalue weighted by Crippen LogP contribution is -2.18. The van der Waals surface area contributed by atoms with Crippen molar-refractivity contribution in [2.45, 2.75) is 19.1 Å². The molecule has 0 saturated carbocycles. The zero-order chi connectivity index (χ0) is 20.1. The second-order valence-electron chi connectivity index (χ2n) is 6.66. The standard InChI is InChI=1S/C24H21NO3S/c1-17(24-25-20-14-8-9-15-21(20)29-24)28-22(26)16-27-23(18-10-4-2-5-11-18)19-12-6-3-7-13-19/h2-15,17,23H,16H2,1H3/t17-/m1/s1. The van der Waals surface area contributed by atoms with Crippen LogP contribution in [0.1, 0.15) is 35.3 Å². The number of carbonyl (C=O) groups excluding carboxylic acids is 1. The molecule has 5 heteroatoms. The molecule has 0 unspecified atom stereocenters. The number of carbonyl (C=O) groups is 1. The van der Waals surface area contributed by atoms with Gasteiger partial charge in [0.05, 0.1) is 10.2 Å². The van der Waals surface area contributed by atoms with Crippen LogP contribution in [0.3, 0.4) is 0 Å². The van der Waals surface area contributed by atoms with Crippen molar-refractivity contribution in [1.82, 2.24) is 4.98 Å². The Balaban J connectivity index is 1.42. The molecule has 1 heterocycles. The highest BCUT2D eigenvalue weighted by atomic mass is 32.1. The molecule has 0 spiro atoms. The Morgan fingerprint density at radius 2 is 1.48 bits per heavy atom. The summed E-state index contributed by atoms with van der Waals surface area (Å²) in [6.45, 7) is 1.70. The Morgan fingerprint density at radius 1 is 0.897 bits per heavy atom. The summed E-state index contributed by atoms with van der Waals surface area (Å²) in [4.78, 5) is 17.0. The highest BCUT2D eigenvalue weighted by Gasteiger charge is 2.20. The lowest BCUT2D eigenvalue weighted by atomic mass is 10.0. The quantitative estimate of drug-likeness (QED) is 0.371. The molecule has 0 amide bonds. The van der Waals surface area contributed by atoms with E-state index in [0.717, 1.165) is 26.4 Å². The number of aromatic nitrogens is 1. The minimum absolute atomic E-state index is 0.135. The molecule has 1 atom stereocenters. The Hall–Kier alpha value is -3.02. The van der Waals surface area contributed by atoms with Gasteiger partial charge in [0.25, 0.3) is 0 Å². The molecule has 146 valence electrons. The highest BCUT2D eigenvalue weighted by Crippen LogP contribution is 2.29. The number of ether oxygens (including phenoxy) is 2. The maximum absolute atomic E-state index is 12.4. The van der Waals surface area contributed by atoms with Crippen LogP contribution in [0.2, 0.25) is 0 Å². The molecule has 0 N–H and O–H groups in total. The average Bonchev–Trinajstić information content (AvgIpc) is 3.20. The van der Waals surface area contributed by atoms with E-state index in [1.165, 1.54) is 11.3 Å². The first kappa shape index (κ1) is 19.3. The number of benzene rings is 3. The van der Waals surface area contributed by atoms with Crippen LogP contribution in [0.4, 0.5) is 0 Å². The van der Waals surface area contributed by atoms with Gasteiger partial charge in [-0.1, -0.05) is 72.8 Å². The molecule has 0 fully saturated rings. The summed E-state index contributed by atoms with van der Waals surface area (Å²) in [6, 6.07) is 27.6. The van der Waals surface area contributed by atoms with Crippen molar-refractivity contribution >= 4 is 27.5 Å². The van der Waals surface area contributed by atoms with Gasteiger partial charge in [-0.15, -0.1) is 11.3 Å². The van der Waals surface area contributed by atoms with Gasteiger partial charge in [0.15, 0.2) is 6.10 Å². The molecule has 0 saturated heterocycles. The van der Waals surface area contributed by atoms with Crippen LogP contribution in [0.5, 0.6) is 0 Å². The van der Waals surface area contributed by atoms with Gasteiger partial charge in [-0.25, -0.2) is 9.78 Å². The molecule has 4 aromatic rings. The first-order valence-electron chi connectivity index (χ1n) is 9.47. The first-order chi connectivity index (χ1) is 14.2. The zero-order valence-electron chi connectivity index (χ0n) is 16.0. The molecule has 3 aromatic carbocycles. The molecule has 0 aliphatic rings. The lowest BCUT2D eigenvalue weighted by molar-refractivity contribution is -0.155. The van der Waals surface area contributed by atoms with Crippen LogP contribution < -0.4 is 0 Å². The van der Waals surface area contributed by atoms with Crippen molar-refractivity contribution in [3.05, 3.63) is 101 Å². The number of hydrogen-bond acceptors (Lipinski definition) is 5. The highest BCUT2D eigenvalue weighted by molar-refractivity contribution is 7.18. The number of hydrogen-bond donors (Lipinski definition) is 0. The fourth-order valence-electron chi connectivity index (χ4n) is 3.14. The number of esters is 1. The van der Waals surface area contributed by atoms with Crippen LogP contribution in [0.15, 0.2) is 84.9 Å². The summed E-state index contributed by atoms with van der Waals surface area (Å²) in [5, 5.41) is 0.780. The van der Waals surface area contributed by atoms with Gasteiger partial charge in [-0.05, 0) is 30.2 Å². The average molecular weight is 404 g/mol. The normalized spacial score (nSPS) is 12.2. The largest absolute Gasteiger partial charge is 0.454 e. The Labute approximate surface area is 173 Å². The number of para-hydroxylation sites is 1. The van der Waals surface area contributed by atoms with Crippen LogP contribution in [-0.4, -0.2) is 17.6 Å². The van der Waals surface area contributed by atoms with Crippen molar-refractivity contribution in [1.29, 1.82) is 0 Å². The van der Waals surface area contributed by atoms with E-state index in [2.05, 4.69) is 4.98 Å². The predicted molar refractivity (Wildman–Crippen MR) is 115 cm³/mol. The van der Waals surface area contributed by atoms with E-state index in [0.29, 0.717) is 0 Å². The minimum Gasteiger partial charge on any atom is -0.454 e. The van der Waals surface area contributed by atoms with Crippen molar-refractivity contribution in [2.75, 3.05) is 6.61 Å². The van der Waals surface area contributed by atoms with Gasteiger partial charge in [-0.2, -0.15) is 0 Å². The minimum atomic E-state index is -0.421. The number of rotatable bonds is 7. The van der Waals surface area contributed by atoms with E-state index >= 15 is 0 Å². The molecule has 0 bridgehead atoms. The molecule has 0 radical (unpaired) electrons. The number of fused-ring (bicyclic) bond motifs is 1. The number of nitrogens with zero attached hydrogens (tertiary/aromatic N) is 1. The van der Waals surface area contributed by atoms with Crippen molar-refractivity contribution < 1.29 is 14.3 Å². The predicted octanol–water partition coefficient (Wildman–Crippen LogP) is 5.71. The Bertz CT molecular complexity index is 1010. The topological polar surface area (TPSA) is 48.4 Å². The molecular weight excluding hydrogens is 382 g/mol. The summed E-state index contributed by atoms with van der Waals surface area (Å²) in [5.41, 5.74) is 2.90. The van der Waals surface area contributed by atoms with Crippen LogP contribution in [-0.2, 0) is 14.3 Å². The van der Waals surface area contributed by atoms with E-state index in [4.69, 9.17) is 9.47 Å². The zero-order valence-corrected chi connectivity index (χ0v) is 16.8. The van der Waals surface area contributed by atoms with Gasteiger partial charge in [0.1, 0.15) is 17.7 Å². The summed E-state index contributed by atoms with van der Waals surface area (Å²) in [6.07, 6.45) is -0.752. The van der Waals surface area contributed by atoms with E-state index in [9.17, 15) is 4.79 Å². The summed E-state index contributed by atoms with van der Waals surface area (Å²) >= 11 is 1.54. The van der Waals surface area contributed by atoms with Crippen LogP contribution in [0.25, 0.3) is 10.2 Å². The molecule has 1 aromatic heterocycles. The van der Waals surface area contributed by atoms with E-state index in [1.54, 1.807) is 0 Å². The molecule has 4 nitrogen and oxygen atoms in total. The third-order valence-corrected chi connectivity index (χ3v) is 5.74. The molecule has 29 heavy (non-hydrogen) atoms. The SMILES string of the molecule is C[C@@H](OC(=O)COC(c1ccccc1)c1ccccc1)c1nc2ccccc2s1. The smallest absolute Gasteiger partial charge is 0.332 e.